The van der Waals surface area contributed by atoms with E-state index in [2.05, 4.69) is 4.90 Å². The lowest BCUT2D eigenvalue weighted by Gasteiger charge is -2.35. The maximum absolute atomic E-state index is 12.4. The summed E-state index contributed by atoms with van der Waals surface area (Å²) in [6.07, 6.45) is 0.470. The highest BCUT2D eigenvalue weighted by molar-refractivity contribution is 7.95. The summed E-state index contributed by atoms with van der Waals surface area (Å²) in [6, 6.07) is 1.35. The molecule has 0 radical (unpaired) electrons. The Morgan fingerprint density at radius 1 is 1.38 bits per heavy atom. The summed E-state index contributed by atoms with van der Waals surface area (Å²) in [7, 11) is -7.36. The predicted molar refractivity (Wildman–Crippen MR) is 82.6 cm³/mol. The van der Waals surface area contributed by atoms with Crippen molar-refractivity contribution < 1.29 is 16.8 Å². The molecule has 0 saturated heterocycles. The van der Waals surface area contributed by atoms with Crippen molar-refractivity contribution in [3.05, 3.63) is 11.6 Å². The lowest BCUT2D eigenvalue weighted by Crippen LogP contribution is -2.36. The van der Waals surface area contributed by atoms with Gasteiger partial charge in [-0.1, -0.05) is 13.8 Å². The third-order valence-corrected chi connectivity index (χ3v) is 9.26. The van der Waals surface area contributed by atoms with Gasteiger partial charge in [-0.15, -0.1) is 11.3 Å². The fourth-order valence-electron chi connectivity index (χ4n) is 2.72. The molecule has 1 aliphatic heterocycles. The van der Waals surface area contributed by atoms with E-state index in [1.165, 1.54) is 6.07 Å². The predicted octanol–water partition coefficient (Wildman–Crippen LogP) is 1.34. The van der Waals surface area contributed by atoms with E-state index in [4.69, 9.17) is 5.14 Å². The van der Waals surface area contributed by atoms with E-state index in [9.17, 15) is 16.8 Å². The van der Waals surface area contributed by atoms with Crippen LogP contribution in [-0.2, 0) is 19.9 Å². The van der Waals surface area contributed by atoms with Gasteiger partial charge in [0.05, 0.1) is 5.25 Å². The monoisotopic (exact) mass is 352 g/mol. The number of fused-ring (bicyclic) bond motifs is 1. The van der Waals surface area contributed by atoms with Crippen molar-refractivity contribution >= 4 is 31.2 Å². The molecule has 0 aromatic carbocycles. The molecule has 6 nitrogen and oxygen atoms in total. The number of rotatable bonds is 4. The van der Waals surface area contributed by atoms with Gasteiger partial charge in [-0.05, 0) is 32.5 Å². The van der Waals surface area contributed by atoms with Crippen LogP contribution >= 0.6 is 11.3 Å². The Morgan fingerprint density at radius 3 is 2.43 bits per heavy atom. The Balaban J connectivity index is 2.67. The average Bonchev–Trinajstić information content (AvgIpc) is 2.83. The summed E-state index contributed by atoms with van der Waals surface area (Å²) in [5.41, 5.74) is 0.575. The molecule has 2 atom stereocenters. The highest BCUT2D eigenvalue weighted by Crippen LogP contribution is 2.44. The summed E-state index contributed by atoms with van der Waals surface area (Å²) in [5.74, 6) is 0. The first kappa shape index (κ1) is 16.9. The lowest BCUT2D eigenvalue weighted by molar-refractivity contribution is 0.202. The minimum atomic E-state index is -3.89. The van der Waals surface area contributed by atoms with E-state index in [1.807, 2.05) is 13.8 Å². The molecule has 9 heteroatoms. The first-order chi connectivity index (χ1) is 9.62. The van der Waals surface area contributed by atoms with Crippen molar-refractivity contribution in [3.8, 4) is 0 Å². The van der Waals surface area contributed by atoms with E-state index in [-0.39, 0.29) is 14.5 Å². The molecule has 0 amide bonds. The first-order valence-corrected chi connectivity index (χ1v) is 10.7. The standard InChI is InChI=1S/C12H20N2O4S3/c1-4-14(5-2)10-6-8(3)20(15,16)12-9(10)7-11(19-12)21(13,17)18/h7-8,10H,4-6H2,1-3H3,(H2,13,17,18)/t8-,10-/m0/s1. The van der Waals surface area contributed by atoms with Gasteiger partial charge in [0, 0.05) is 11.6 Å². The van der Waals surface area contributed by atoms with Gasteiger partial charge in [-0.25, -0.2) is 22.0 Å². The molecule has 120 valence electrons. The molecule has 0 fully saturated rings. The molecule has 2 heterocycles. The van der Waals surface area contributed by atoms with E-state index < -0.39 is 25.1 Å². The van der Waals surface area contributed by atoms with Gasteiger partial charge in [-0.2, -0.15) is 0 Å². The molecule has 0 spiro atoms. The topological polar surface area (TPSA) is 97.5 Å². The van der Waals surface area contributed by atoms with Gasteiger partial charge in [0.25, 0.3) is 0 Å². The van der Waals surface area contributed by atoms with Crippen LogP contribution in [0.15, 0.2) is 14.5 Å². The molecular weight excluding hydrogens is 332 g/mol. The second-order valence-corrected chi connectivity index (χ2v) is 10.6. The van der Waals surface area contributed by atoms with Gasteiger partial charge in [0.15, 0.2) is 9.84 Å². The second kappa shape index (κ2) is 5.62. The summed E-state index contributed by atoms with van der Waals surface area (Å²) >= 11 is 0.768. The number of hydrogen-bond acceptors (Lipinski definition) is 6. The number of sulfonamides is 1. The smallest absolute Gasteiger partial charge is 0.247 e. The Morgan fingerprint density at radius 2 is 1.95 bits per heavy atom. The van der Waals surface area contributed by atoms with Crippen molar-refractivity contribution in [1.29, 1.82) is 0 Å². The zero-order chi connectivity index (χ0) is 16.0. The van der Waals surface area contributed by atoms with Crippen LogP contribution < -0.4 is 5.14 Å². The lowest BCUT2D eigenvalue weighted by atomic mass is 10.0. The summed E-state index contributed by atoms with van der Waals surface area (Å²) in [5, 5.41) is 4.63. The van der Waals surface area contributed by atoms with Crippen molar-refractivity contribution in [1.82, 2.24) is 4.90 Å². The van der Waals surface area contributed by atoms with Gasteiger partial charge in [0.2, 0.25) is 10.0 Å². The van der Waals surface area contributed by atoms with Crippen molar-refractivity contribution in [3.63, 3.8) is 0 Å². The molecule has 2 N–H and O–H groups in total. The molecule has 21 heavy (non-hydrogen) atoms. The molecule has 1 aliphatic rings. The maximum atomic E-state index is 12.4. The van der Waals surface area contributed by atoms with Crippen LogP contribution in [0.2, 0.25) is 0 Å². The number of nitrogens with zero attached hydrogens (tertiary/aromatic N) is 1. The van der Waals surface area contributed by atoms with E-state index in [1.54, 1.807) is 6.92 Å². The van der Waals surface area contributed by atoms with E-state index >= 15 is 0 Å². The Hall–Kier alpha value is -0.480. The fraction of sp³-hybridized carbons (Fsp3) is 0.667. The first-order valence-electron chi connectivity index (χ1n) is 6.77. The minimum Gasteiger partial charge on any atom is -0.297 e. The third-order valence-electron chi connectivity index (χ3n) is 3.94. The van der Waals surface area contributed by atoms with Gasteiger partial charge < -0.3 is 0 Å². The average molecular weight is 353 g/mol. The van der Waals surface area contributed by atoms with Crippen LogP contribution in [0.4, 0.5) is 0 Å². The molecule has 0 bridgehead atoms. The molecule has 1 aromatic rings. The summed E-state index contributed by atoms with van der Waals surface area (Å²) in [6.45, 7) is 7.22. The molecular formula is C12H20N2O4S3. The largest absolute Gasteiger partial charge is 0.297 e. The number of hydrogen-bond donors (Lipinski definition) is 1. The summed E-state index contributed by atoms with van der Waals surface area (Å²) < 4.78 is 48.0. The number of nitrogens with two attached hydrogens (primary N) is 1. The highest BCUT2D eigenvalue weighted by atomic mass is 32.3. The third kappa shape index (κ3) is 2.89. The van der Waals surface area contributed by atoms with Crippen LogP contribution in [-0.4, -0.2) is 40.1 Å². The Kier molecular flexibility index (Phi) is 4.52. The fourth-order valence-corrected chi connectivity index (χ4v) is 7.12. The number of primary sulfonamides is 1. The Labute approximate surface area is 129 Å². The van der Waals surface area contributed by atoms with Crippen LogP contribution in [0, 0.1) is 0 Å². The zero-order valence-electron chi connectivity index (χ0n) is 12.2. The van der Waals surface area contributed by atoms with Crippen molar-refractivity contribution in [2.45, 2.75) is 46.9 Å². The maximum Gasteiger partial charge on any atom is 0.247 e. The molecule has 1 aromatic heterocycles. The van der Waals surface area contributed by atoms with Crippen molar-refractivity contribution in [2.24, 2.45) is 5.14 Å². The van der Waals surface area contributed by atoms with Crippen LogP contribution in [0.5, 0.6) is 0 Å². The van der Waals surface area contributed by atoms with E-state index in [0.717, 1.165) is 24.4 Å². The second-order valence-electron chi connectivity index (χ2n) is 5.18. The van der Waals surface area contributed by atoms with Crippen LogP contribution in [0.3, 0.4) is 0 Å². The summed E-state index contributed by atoms with van der Waals surface area (Å²) in [4.78, 5) is 2.14. The zero-order valence-corrected chi connectivity index (χ0v) is 14.7. The van der Waals surface area contributed by atoms with Gasteiger partial charge in [-0.3, -0.25) is 4.90 Å². The normalized spacial score (nSPS) is 25.0. The van der Waals surface area contributed by atoms with Gasteiger partial charge in [0.1, 0.15) is 8.42 Å². The molecule has 0 saturated carbocycles. The number of sulfone groups is 1. The van der Waals surface area contributed by atoms with Crippen molar-refractivity contribution in [2.75, 3.05) is 13.1 Å². The quantitative estimate of drug-likeness (QED) is 0.882. The SMILES string of the molecule is CCN(CC)[C@H]1C[C@H](C)S(=O)(=O)c2sc(S(N)(=O)=O)cc21. The number of thiophene rings is 1. The molecule has 0 unspecified atom stereocenters. The Bertz CT molecular complexity index is 733. The molecule has 0 aliphatic carbocycles. The van der Waals surface area contributed by atoms with Crippen LogP contribution in [0.25, 0.3) is 0 Å². The minimum absolute atomic E-state index is 0.0812. The molecule has 2 rings (SSSR count). The highest BCUT2D eigenvalue weighted by Gasteiger charge is 2.40. The van der Waals surface area contributed by atoms with Gasteiger partial charge >= 0.3 is 0 Å². The van der Waals surface area contributed by atoms with Crippen LogP contribution in [0.1, 0.15) is 38.8 Å². The van der Waals surface area contributed by atoms with E-state index in [0.29, 0.717) is 12.0 Å².